The molecule has 0 saturated carbocycles. The summed E-state index contributed by atoms with van der Waals surface area (Å²) in [5, 5.41) is 13.4. The van der Waals surface area contributed by atoms with Crippen molar-refractivity contribution in [2.45, 2.75) is 78.3 Å². The maximum atomic E-state index is 13.1. The van der Waals surface area contributed by atoms with Crippen LogP contribution in [0.2, 0.25) is 5.02 Å². The van der Waals surface area contributed by atoms with Gasteiger partial charge >= 0.3 is 5.97 Å². The van der Waals surface area contributed by atoms with Crippen LogP contribution in [0.1, 0.15) is 84.7 Å². The van der Waals surface area contributed by atoms with Gasteiger partial charge in [-0.3, -0.25) is 19.1 Å². The molecule has 214 valence electrons. The Labute approximate surface area is 244 Å². The first kappa shape index (κ1) is 29.9. The number of ether oxygens (including phenoxy) is 1. The second kappa shape index (κ2) is 13.5. The molecule has 0 radical (unpaired) electrons. The molecule has 0 unspecified atom stereocenters. The normalized spacial score (nSPS) is 15.1. The monoisotopic (exact) mass is 584 g/mol. The molecule has 1 aliphatic rings. The van der Waals surface area contributed by atoms with Crippen LogP contribution in [-0.4, -0.2) is 51.5 Å². The Balaban J connectivity index is 1.46. The number of rotatable bonds is 12. The molecule has 0 fully saturated rings. The van der Waals surface area contributed by atoms with Gasteiger partial charge in [-0.25, -0.2) is 0 Å². The zero-order valence-corrected chi connectivity index (χ0v) is 25.1. The topological polar surface area (TPSA) is 124 Å². The van der Waals surface area contributed by atoms with Gasteiger partial charge in [-0.15, -0.1) is 21.5 Å². The number of carbonyl (C=O) groups is 2. The van der Waals surface area contributed by atoms with Crippen LogP contribution in [0.25, 0.3) is 5.00 Å². The number of fused-ring (bicyclic) bond motifs is 3. The van der Waals surface area contributed by atoms with Gasteiger partial charge in [-0.1, -0.05) is 37.1 Å². The van der Waals surface area contributed by atoms with E-state index in [1.54, 1.807) is 11.3 Å². The molecule has 0 bridgehead atoms. The van der Waals surface area contributed by atoms with Gasteiger partial charge in [0.25, 0.3) is 0 Å². The van der Waals surface area contributed by atoms with E-state index in [1.165, 1.54) is 4.88 Å². The average molecular weight is 585 g/mol. The van der Waals surface area contributed by atoms with E-state index in [-0.39, 0.29) is 18.3 Å². The molecule has 0 aliphatic carbocycles. The van der Waals surface area contributed by atoms with Crippen molar-refractivity contribution in [3.05, 3.63) is 62.5 Å². The van der Waals surface area contributed by atoms with Crippen LogP contribution in [0.3, 0.4) is 0 Å². The fourth-order valence-electron chi connectivity index (χ4n) is 4.64. The number of aromatic nitrogens is 3. The third kappa shape index (κ3) is 6.79. The summed E-state index contributed by atoms with van der Waals surface area (Å²) in [5.41, 5.74) is 9.86. The van der Waals surface area contributed by atoms with E-state index < -0.39 is 12.1 Å². The SMILES string of the molecule is CCCCOC(=O)[C@@H](N)CCCCNC(=O)C[C@@H]1N=C(c2ccc(Cl)cc2)c2c(sc(C)c2C)-n2c(C)nnc21. The van der Waals surface area contributed by atoms with Crippen LogP contribution >= 0.6 is 22.9 Å². The highest BCUT2D eigenvalue weighted by molar-refractivity contribution is 7.15. The molecule has 3 aromatic rings. The first-order valence-electron chi connectivity index (χ1n) is 13.8. The highest BCUT2D eigenvalue weighted by Crippen LogP contribution is 2.39. The fourth-order valence-corrected chi connectivity index (χ4v) is 5.98. The largest absolute Gasteiger partial charge is 0.465 e. The van der Waals surface area contributed by atoms with Crippen molar-refractivity contribution in [1.82, 2.24) is 20.1 Å². The zero-order chi connectivity index (χ0) is 28.8. The minimum atomic E-state index is -0.637. The van der Waals surface area contributed by atoms with Gasteiger partial charge in [0.2, 0.25) is 5.91 Å². The lowest BCUT2D eigenvalue weighted by Crippen LogP contribution is -2.33. The lowest BCUT2D eigenvalue weighted by atomic mass is 9.99. The smallest absolute Gasteiger partial charge is 0.322 e. The van der Waals surface area contributed by atoms with Crippen LogP contribution in [0.15, 0.2) is 29.3 Å². The molecule has 40 heavy (non-hydrogen) atoms. The van der Waals surface area contributed by atoms with Crippen molar-refractivity contribution in [2.24, 2.45) is 10.7 Å². The molecule has 9 nitrogen and oxygen atoms in total. The molecule has 1 aromatic carbocycles. The number of nitrogens with one attached hydrogen (secondary N) is 1. The summed E-state index contributed by atoms with van der Waals surface area (Å²) >= 11 is 7.85. The lowest BCUT2D eigenvalue weighted by molar-refractivity contribution is -0.145. The molecule has 0 spiro atoms. The molecule has 2 aromatic heterocycles. The number of amides is 1. The number of unbranched alkanes of at least 4 members (excludes halogenated alkanes) is 2. The second-order valence-electron chi connectivity index (χ2n) is 10.1. The molecular formula is C29H37ClN6O3S. The number of hydrogen-bond acceptors (Lipinski definition) is 8. The number of aryl methyl sites for hydroxylation is 2. The van der Waals surface area contributed by atoms with Crippen LogP contribution in [0.5, 0.6) is 0 Å². The van der Waals surface area contributed by atoms with Gasteiger partial charge in [0.05, 0.1) is 18.7 Å². The van der Waals surface area contributed by atoms with Crippen molar-refractivity contribution in [3.63, 3.8) is 0 Å². The number of nitrogens with zero attached hydrogens (tertiary/aromatic N) is 4. The van der Waals surface area contributed by atoms with Gasteiger partial charge < -0.3 is 15.8 Å². The van der Waals surface area contributed by atoms with E-state index in [9.17, 15) is 9.59 Å². The number of nitrogens with two attached hydrogens (primary N) is 1. The van der Waals surface area contributed by atoms with Crippen molar-refractivity contribution in [3.8, 4) is 5.00 Å². The van der Waals surface area contributed by atoms with E-state index in [1.807, 2.05) is 42.7 Å². The highest BCUT2D eigenvalue weighted by atomic mass is 35.5. The van der Waals surface area contributed by atoms with E-state index in [4.69, 9.17) is 27.1 Å². The number of carbonyl (C=O) groups excluding carboxylic acids is 2. The van der Waals surface area contributed by atoms with Crippen LogP contribution in [0.4, 0.5) is 0 Å². The summed E-state index contributed by atoms with van der Waals surface area (Å²) in [6.07, 6.45) is 3.85. The van der Waals surface area contributed by atoms with E-state index >= 15 is 0 Å². The third-order valence-corrected chi connectivity index (χ3v) is 8.49. The van der Waals surface area contributed by atoms with Crippen LogP contribution in [0, 0.1) is 20.8 Å². The van der Waals surface area contributed by atoms with E-state index in [0.717, 1.165) is 46.1 Å². The third-order valence-electron chi connectivity index (χ3n) is 7.04. The molecule has 1 amide bonds. The van der Waals surface area contributed by atoms with Gasteiger partial charge in [-0.05, 0) is 64.2 Å². The van der Waals surface area contributed by atoms with E-state index in [2.05, 4.69) is 29.4 Å². The average Bonchev–Trinajstić information content (AvgIpc) is 3.40. The summed E-state index contributed by atoms with van der Waals surface area (Å²) in [6.45, 7) is 9.03. The van der Waals surface area contributed by atoms with Gasteiger partial charge in [0, 0.05) is 27.6 Å². The number of thiophene rings is 1. The second-order valence-corrected chi connectivity index (χ2v) is 11.7. The highest BCUT2D eigenvalue weighted by Gasteiger charge is 2.32. The Hall–Kier alpha value is -3.08. The number of esters is 1. The summed E-state index contributed by atoms with van der Waals surface area (Å²) in [6, 6.07) is 6.46. The molecule has 2 atom stereocenters. The van der Waals surface area contributed by atoms with Crippen molar-refractivity contribution >= 4 is 40.5 Å². The molecule has 0 saturated heterocycles. The molecule has 11 heteroatoms. The van der Waals surface area contributed by atoms with Crippen molar-refractivity contribution in [2.75, 3.05) is 13.2 Å². The molecule has 1 aliphatic heterocycles. The Morgan fingerprint density at radius 2 is 1.90 bits per heavy atom. The zero-order valence-electron chi connectivity index (χ0n) is 23.5. The van der Waals surface area contributed by atoms with Crippen molar-refractivity contribution < 1.29 is 14.3 Å². The number of hydrogen-bond donors (Lipinski definition) is 2. The Morgan fingerprint density at radius 1 is 1.15 bits per heavy atom. The number of aliphatic imine (C=N–C) groups is 1. The minimum absolute atomic E-state index is 0.127. The quantitative estimate of drug-likeness (QED) is 0.224. The van der Waals surface area contributed by atoms with Crippen LogP contribution in [-0.2, 0) is 14.3 Å². The van der Waals surface area contributed by atoms with E-state index in [0.29, 0.717) is 43.3 Å². The first-order chi connectivity index (χ1) is 19.2. The summed E-state index contributed by atoms with van der Waals surface area (Å²) in [7, 11) is 0. The van der Waals surface area contributed by atoms with Gasteiger partial charge in [-0.2, -0.15) is 0 Å². The fraction of sp³-hybridized carbons (Fsp3) is 0.483. The predicted molar refractivity (Wildman–Crippen MR) is 159 cm³/mol. The maximum Gasteiger partial charge on any atom is 0.322 e. The number of benzene rings is 1. The predicted octanol–water partition coefficient (Wildman–Crippen LogP) is 5.15. The van der Waals surface area contributed by atoms with Gasteiger partial charge in [0.1, 0.15) is 22.9 Å². The lowest BCUT2D eigenvalue weighted by Gasteiger charge is -2.14. The number of halogens is 1. The van der Waals surface area contributed by atoms with Crippen LogP contribution < -0.4 is 11.1 Å². The molecule has 3 heterocycles. The minimum Gasteiger partial charge on any atom is -0.465 e. The molecule has 3 N–H and O–H groups in total. The summed E-state index contributed by atoms with van der Waals surface area (Å²) < 4.78 is 7.21. The Bertz CT molecular complexity index is 1380. The first-order valence-corrected chi connectivity index (χ1v) is 15.0. The van der Waals surface area contributed by atoms with Gasteiger partial charge in [0.15, 0.2) is 5.82 Å². The summed E-state index contributed by atoms with van der Waals surface area (Å²) in [4.78, 5) is 31.3. The Kier molecular flexibility index (Phi) is 10.1. The summed E-state index contributed by atoms with van der Waals surface area (Å²) in [5.74, 6) is 0.906. The Morgan fingerprint density at radius 3 is 2.62 bits per heavy atom. The molecular weight excluding hydrogens is 548 g/mol. The standard InChI is InChI=1S/C29H37ClN6O3S/c1-5-6-15-39-29(38)22(31)9-7-8-14-32-24(37)16-23-27-35-34-19(4)36(27)28-25(17(2)18(3)40-28)26(33-23)20-10-12-21(30)13-11-20/h10-13,22-23H,5-9,14-16,31H2,1-4H3,(H,32,37)/t22-,23-/m0/s1. The van der Waals surface area contributed by atoms with Crippen molar-refractivity contribution in [1.29, 1.82) is 0 Å². The molecule has 4 rings (SSSR count). The maximum absolute atomic E-state index is 13.1.